The number of ketones is 1. The van der Waals surface area contributed by atoms with Gasteiger partial charge in [0.1, 0.15) is 0 Å². The number of carbonyl (C=O) groups excluding carboxylic acids is 1. The van der Waals surface area contributed by atoms with Crippen molar-refractivity contribution in [2.75, 3.05) is 5.73 Å². The Balaban J connectivity index is 2.92. The average molecular weight is 211 g/mol. The van der Waals surface area contributed by atoms with Crippen molar-refractivity contribution >= 4 is 22.1 Å². The number of nitrogens with two attached hydrogens (primary N) is 1. The van der Waals surface area contributed by atoms with Crippen LogP contribution in [-0.2, 0) is 6.42 Å². The molecule has 0 radical (unpaired) electrons. The normalized spacial score (nSPS) is 10.9. The molecule has 0 unspecified atom stereocenters. The van der Waals surface area contributed by atoms with Gasteiger partial charge in [-0.25, -0.2) is 0 Å². The number of carbonyl (C=O) groups is 1. The zero-order valence-corrected chi connectivity index (χ0v) is 9.78. The summed E-state index contributed by atoms with van der Waals surface area (Å²) in [5, 5.41) is 0.673. The lowest BCUT2D eigenvalue weighted by Crippen LogP contribution is -2.07. The van der Waals surface area contributed by atoms with Gasteiger partial charge in [0.2, 0.25) is 0 Å². The molecular formula is C11H17NOS. The van der Waals surface area contributed by atoms with Crippen molar-refractivity contribution in [2.45, 2.75) is 33.6 Å². The second-order valence-corrected chi connectivity index (χ2v) is 4.93. The number of rotatable bonds is 4. The van der Waals surface area contributed by atoms with Crippen LogP contribution in [0.2, 0.25) is 0 Å². The van der Waals surface area contributed by atoms with Crippen LogP contribution >= 0.6 is 11.3 Å². The monoisotopic (exact) mass is 211 g/mol. The lowest BCUT2D eigenvalue weighted by atomic mass is 10.0. The Morgan fingerprint density at radius 1 is 1.57 bits per heavy atom. The van der Waals surface area contributed by atoms with Gasteiger partial charge in [-0.1, -0.05) is 27.2 Å². The van der Waals surface area contributed by atoms with Gasteiger partial charge in [-0.15, -0.1) is 11.3 Å². The van der Waals surface area contributed by atoms with Gasteiger partial charge >= 0.3 is 0 Å². The Hall–Kier alpha value is -0.830. The number of hydrogen-bond acceptors (Lipinski definition) is 3. The third kappa shape index (κ3) is 2.35. The molecule has 0 amide bonds. The van der Waals surface area contributed by atoms with E-state index in [1.54, 1.807) is 11.3 Å². The number of nitrogen functional groups attached to an aromatic ring is 1. The minimum Gasteiger partial charge on any atom is -0.390 e. The van der Waals surface area contributed by atoms with E-state index in [0.29, 0.717) is 10.6 Å². The third-order valence-corrected chi connectivity index (χ3v) is 3.12. The topological polar surface area (TPSA) is 43.1 Å². The summed E-state index contributed by atoms with van der Waals surface area (Å²) >= 11 is 1.54. The van der Waals surface area contributed by atoms with E-state index in [2.05, 4.69) is 6.92 Å². The van der Waals surface area contributed by atoms with Crippen LogP contribution in [0.15, 0.2) is 6.07 Å². The van der Waals surface area contributed by atoms with Gasteiger partial charge in [0.25, 0.3) is 0 Å². The molecule has 0 bridgehead atoms. The molecule has 3 heteroatoms. The molecule has 0 aliphatic carbocycles. The van der Waals surface area contributed by atoms with Crippen molar-refractivity contribution in [2.24, 2.45) is 5.92 Å². The van der Waals surface area contributed by atoms with Crippen LogP contribution in [0.25, 0.3) is 0 Å². The smallest absolute Gasteiger partial charge is 0.168 e. The van der Waals surface area contributed by atoms with E-state index < -0.39 is 0 Å². The molecule has 2 N–H and O–H groups in total. The molecule has 1 heterocycles. The van der Waals surface area contributed by atoms with Crippen molar-refractivity contribution in [1.82, 2.24) is 0 Å². The summed E-state index contributed by atoms with van der Waals surface area (Å²) in [6.07, 6.45) is 2.11. The SMILES string of the molecule is CCCc1cc(C(=O)C(C)C)c(N)s1. The highest BCUT2D eigenvalue weighted by molar-refractivity contribution is 7.16. The molecule has 1 aromatic heterocycles. The van der Waals surface area contributed by atoms with Gasteiger partial charge in [0, 0.05) is 10.8 Å². The molecule has 0 aromatic carbocycles. The van der Waals surface area contributed by atoms with Gasteiger partial charge in [-0.3, -0.25) is 4.79 Å². The highest BCUT2D eigenvalue weighted by atomic mass is 32.1. The maximum atomic E-state index is 11.7. The summed E-state index contributed by atoms with van der Waals surface area (Å²) in [4.78, 5) is 12.9. The number of anilines is 1. The third-order valence-electron chi connectivity index (χ3n) is 2.10. The zero-order chi connectivity index (χ0) is 10.7. The average Bonchev–Trinajstić information content (AvgIpc) is 2.46. The quantitative estimate of drug-likeness (QED) is 0.777. The predicted octanol–water partition coefficient (Wildman–Crippen LogP) is 3.12. The molecule has 0 aliphatic heterocycles. The Labute approximate surface area is 89.1 Å². The van der Waals surface area contributed by atoms with E-state index in [0.717, 1.165) is 12.8 Å². The zero-order valence-electron chi connectivity index (χ0n) is 8.96. The van der Waals surface area contributed by atoms with Crippen LogP contribution < -0.4 is 5.73 Å². The molecule has 0 atom stereocenters. The van der Waals surface area contributed by atoms with E-state index in [1.807, 2.05) is 19.9 Å². The van der Waals surface area contributed by atoms with Gasteiger partial charge in [-0.2, -0.15) is 0 Å². The number of hydrogen-bond donors (Lipinski definition) is 1. The Morgan fingerprint density at radius 2 is 2.21 bits per heavy atom. The van der Waals surface area contributed by atoms with E-state index >= 15 is 0 Å². The molecular weight excluding hydrogens is 194 g/mol. The molecule has 14 heavy (non-hydrogen) atoms. The molecule has 0 saturated carbocycles. The first-order valence-electron chi connectivity index (χ1n) is 4.98. The summed E-state index contributed by atoms with van der Waals surface area (Å²) in [5.41, 5.74) is 6.52. The molecule has 78 valence electrons. The summed E-state index contributed by atoms with van der Waals surface area (Å²) in [6.45, 7) is 5.93. The van der Waals surface area contributed by atoms with E-state index in [9.17, 15) is 4.79 Å². The highest BCUT2D eigenvalue weighted by Crippen LogP contribution is 2.27. The van der Waals surface area contributed by atoms with Crippen LogP contribution in [0.4, 0.5) is 5.00 Å². The number of aryl methyl sites for hydroxylation is 1. The lowest BCUT2D eigenvalue weighted by molar-refractivity contribution is 0.0940. The van der Waals surface area contributed by atoms with Crippen LogP contribution in [0.3, 0.4) is 0 Å². The molecule has 2 nitrogen and oxygen atoms in total. The fourth-order valence-electron chi connectivity index (χ4n) is 1.33. The minimum absolute atomic E-state index is 0.0291. The van der Waals surface area contributed by atoms with Crippen LogP contribution in [-0.4, -0.2) is 5.78 Å². The van der Waals surface area contributed by atoms with Crippen LogP contribution in [0.1, 0.15) is 42.4 Å². The maximum absolute atomic E-state index is 11.7. The fraction of sp³-hybridized carbons (Fsp3) is 0.545. The van der Waals surface area contributed by atoms with Crippen LogP contribution in [0.5, 0.6) is 0 Å². The lowest BCUT2D eigenvalue weighted by Gasteiger charge is -2.01. The van der Waals surface area contributed by atoms with E-state index in [-0.39, 0.29) is 11.7 Å². The Morgan fingerprint density at radius 3 is 2.71 bits per heavy atom. The second kappa shape index (κ2) is 4.60. The van der Waals surface area contributed by atoms with E-state index in [1.165, 1.54) is 4.88 Å². The van der Waals surface area contributed by atoms with Crippen molar-refractivity contribution < 1.29 is 4.79 Å². The van der Waals surface area contributed by atoms with Crippen molar-refractivity contribution in [3.8, 4) is 0 Å². The predicted molar refractivity (Wildman–Crippen MR) is 61.9 cm³/mol. The highest BCUT2D eigenvalue weighted by Gasteiger charge is 2.16. The van der Waals surface area contributed by atoms with E-state index in [4.69, 9.17) is 5.73 Å². The molecule has 0 spiro atoms. The molecule has 0 aliphatic rings. The Kier molecular flexibility index (Phi) is 3.69. The largest absolute Gasteiger partial charge is 0.390 e. The van der Waals surface area contributed by atoms with Crippen molar-refractivity contribution in [3.63, 3.8) is 0 Å². The standard InChI is InChI=1S/C11H17NOS/c1-4-5-8-6-9(11(12)14-8)10(13)7(2)3/h6-7H,4-5,12H2,1-3H3. The molecule has 1 aromatic rings. The molecule has 0 saturated heterocycles. The fourth-order valence-corrected chi connectivity index (χ4v) is 2.37. The molecule has 0 fully saturated rings. The van der Waals surface area contributed by atoms with Gasteiger partial charge < -0.3 is 5.73 Å². The van der Waals surface area contributed by atoms with Crippen molar-refractivity contribution in [3.05, 3.63) is 16.5 Å². The van der Waals surface area contributed by atoms with Crippen LogP contribution in [0, 0.1) is 5.92 Å². The summed E-state index contributed by atoms with van der Waals surface area (Å²) in [5.74, 6) is 0.183. The second-order valence-electron chi connectivity index (χ2n) is 3.76. The first-order chi connectivity index (χ1) is 6.56. The summed E-state index contributed by atoms with van der Waals surface area (Å²) in [7, 11) is 0. The summed E-state index contributed by atoms with van der Waals surface area (Å²) < 4.78 is 0. The van der Waals surface area contributed by atoms with Crippen molar-refractivity contribution in [1.29, 1.82) is 0 Å². The first-order valence-corrected chi connectivity index (χ1v) is 5.80. The first kappa shape index (κ1) is 11.2. The van der Waals surface area contributed by atoms with Gasteiger partial charge in [0.15, 0.2) is 5.78 Å². The minimum atomic E-state index is 0.0291. The van der Waals surface area contributed by atoms with Gasteiger partial charge in [0.05, 0.1) is 10.6 Å². The Bertz CT molecular complexity index is 328. The maximum Gasteiger partial charge on any atom is 0.168 e. The molecule has 1 rings (SSSR count). The number of Topliss-reactive ketones (excluding diaryl/α,β-unsaturated/α-hetero) is 1. The summed E-state index contributed by atoms with van der Waals surface area (Å²) in [6, 6.07) is 1.95. The number of thiophene rings is 1. The van der Waals surface area contributed by atoms with Gasteiger partial charge in [-0.05, 0) is 12.5 Å².